The van der Waals surface area contributed by atoms with E-state index in [1.54, 1.807) is 6.07 Å². The molecule has 0 bridgehead atoms. The van der Waals surface area contributed by atoms with Gasteiger partial charge in [0.2, 0.25) is 0 Å². The summed E-state index contributed by atoms with van der Waals surface area (Å²) >= 11 is 13.1. The first-order chi connectivity index (χ1) is 8.50. The third-order valence-electron chi connectivity index (χ3n) is 4.15. The van der Waals surface area contributed by atoms with E-state index in [0.29, 0.717) is 15.1 Å². The smallest absolute Gasteiger partial charge is 0.128 e. The molecule has 1 unspecified atom stereocenters. The Morgan fingerprint density at radius 1 is 1.39 bits per heavy atom. The van der Waals surface area contributed by atoms with Gasteiger partial charge in [0.1, 0.15) is 5.82 Å². The molecule has 0 N–H and O–H groups in total. The fourth-order valence-corrected chi connectivity index (χ4v) is 4.55. The molecule has 1 fully saturated rings. The molecule has 0 aromatic heterocycles. The van der Waals surface area contributed by atoms with Gasteiger partial charge in [0, 0.05) is 14.9 Å². The number of benzene rings is 1. The lowest BCUT2D eigenvalue weighted by atomic mass is 9.77. The predicted octanol–water partition coefficient (Wildman–Crippen LogP) is 6.65. The van der Waals surface area contributed by atoms with Crippen molar-refractivity contribution in [1.29, 1.82) is 0 Å². The lowest BCUT2D eigenvalue weighted by molar-refractivity contribution is 0.275. The largest absolute Gasteiger partial charge is 0.207 e. The highest BCUT2D eigenvalue weighted by atomic mass is 79.9. The summed E-state index contributed by atoms with van der Waals surface area (Å²) in [4.78, 5) is 0.0445. The topological polar surface area (TPSA) is 0 Å². The van der Waals surface area contributed by atoms with Gasteiger partial charge in [0.05, 0.1) is 5.02 Å². The Balaban J connectivity index is 2.39. The van der Waals surface area contributed by atoms with Gasteiger partial charge < -0.3 is 0 Å². The minimum atomic E-state index is -0.187. The molecule has 100 valence electrons. The van der Waals surface area contributed by atoms with Gasteiger partial charge in [-0.2, -0.15) is 0 Å². The zero-order valence-electron chi connectivity index (χ0n) is 10.3. The van der Waals surface area contributed by atoms with Crippen LogP contribution in [0, 0.1) is 11.2 Å². The summed E-state index contributed by atoms with van der Waals surface area (Å²) in [5, 5.41) is 0.570. The highest BCUT2D eigenvalue weighted by Crippen LogP contribution is 2.54. The molecular formula is C14H16Br2ClF. The van der Waals surface area contributed by atoms with Gasteiger partial charge in [0.25, 0.3) is 0 Å². The monoisotopic (exact) mass is 396 g/mol. The number of rotatable bonds is 3. The summed E-state index contributed by atoms with van der Waals surface area (Å²) in [6.45, 7) is 2.19. The highest BCUT2D eigenvalue weighted by Gasteiger charge is 2.40. The van der Waals surface area contributed by atoms with E-state index < -0.39 is 0 Å². The van der Waals surface area contributed by atoms with Crippen LogP contribution in [0.15, 0.2) is 16.6 Å². The van der Waals surface area contributed by atoms with E-state index in [0.717, 1.165) is 19.3 Å². The van der Waals surface area contributed by atoms with Crippen LogP contribution in [0.25, 0.3) is 0 Å². The van der Waals surface area contributed by atoms with Crippen molar-refractivity contribution in [3.8, 4) is 0 Å². The Morgan fingerprint density at radius 3 is 2.56 bits per heavy atom. The van der Waals surface area contributed by atoms with Gasteiger partial charge in [-0.3, -0.25) is 0 Å². The second kappa shape index (κ2) is 5.80. The summed E-state index contributed by atoms with van der Waals surface area (Å²) < 4.78 is 14.7. The molecule has 0 aliphatic heterocycles. The molecule has 1 saturated carbocycles. The molecule has 4 heteroatoms. The molecule has 0 nitrogen and oxygen atoms in total. The molecule has 2 rings (SSSR count). The molecule has 0 heterocycles. The summed E-state index contributed by atoms with van der Waals surface area (Å²) in [6, 6.07) is 3.21. The Labute approximate surface area is 130 Å². The maximum atomic E-state index is 14.1. The van der Waals surface area contributed by atoms with Crippen molar-refractivity contribution in [1.82, 2.24) is 0 Å². The summed E-state index contributed by atoms with van der Waals surface area (Å²) in [7, 11) is 0. The average molecular weight is 399 g/mol. The molecule has 1 atom stereocenters. The fourth-order valence-electron chi connectivity index (χ4n) is 2.93. The normalized spacial score (nSPS) is 20.1. The van der Waals surface area contributed by atoms with Crippen molar-refractivity contribution in [3.63, 3.8) is 0 Å². The first kappa shape index (κ1) is 14.8. The Morgan fingerprint density at radius 2 is 2.00 bits per heavy atom. The van der Waals surface area contributed by atoms with Crippen LogP contribution in [0.1, 0.15) is 49.4 Å². The minimum absolute atomic E-state index is 0.0445. The zero-order chi connectivity index (χ0) is 13.3. The first-order valence-corrected chi connectivity index (χ1v) is 8.37. The Bertz CT molecular complexity index is 442. The molecule has 0 spiro atoms. The van der Waals surface area contributed by atoms with Crippen LogP contribution in [-0.4, -0.2) is 0 Å². The van der Waals surface area contributed by atoms with Gasteiger partial charge in [-0.15, -0.1) is 0 Å². The highest BCUT2D eigenvalue weighted by molar-refractivity contribution is 9.10. The maximum absolute atomic E-state index is 14.1. The van der Waals surface area contributed by atoms with E-state index in [4.69, 9.17) is 11.6 Å². The van der Waals surface area contributed by atoms with Crippen molar-refractivity contribution in [2.45, 2.75) is 43.9 Å². The molecule has 0 amide bonds. The summed E-state index contributed by atoms with van der Waals surface area (Å²) in [5.74, 6) is -0.187. The zero-order valence-corrected chi connectivity index (χ0v) is 14.2. The number of hydrogen-bond acceptors (Lipinski definition) is 0. The third-order valence-corrected chi connectivity index (χ3v) is 6.82. The third kappa shape index (κ3) is 2.64. The van der Waals surface area contributed by atoms with E-state index in [2.05, 4.69) is 38.8 Å². The first-order valence-electron chi connectivity index (χ1n) is 6.28. The van der Waals surface area contributed by atoms with E-state index in [-0.39, 0.29) is 16.1 Å². The van der Waals surface area contributed by atoms with Gasteiger partial charge in [-0.1, -0.05) is 47.3 Å². The van der Waals surface area contributed by atoms with Crippen LogP contribution in [0.4, 0.5) is 4.39 Å². The number of hydrogen-bond donors (Lipinski definition) is 0. The molecule has 18 heavy (non-hydrogen) atoms. The Kier molecular flexibility index (Phi) is 4.77. The molecule has 1 aromatic carbocycles. The maximum Gasteiger partial charge on any atom is 0.128 e. The second-order valence-electron chi connectivity index (χ2n) is 5.07. The van der Waals surface area contributed by atoms with Gasteiger partial charge in [-0.05, 0) is 52.7 Å². The quantitative estimate of drug-likeness (QED) is 0.395. The number of alkyl halides is 1. The van der Waals surface area contributed by atoms with Crippen LogP contribution in [0.3, 0.4) is 0 Å². The van der Waals surface area contributed by atoms with Crippen LogP contribution in [0.2, 0.25) is 5.02 Å². The fraction of sp³-hybridized carbons (Fsp3) is 0.571. The molecule has 0 saturated heterocycles. The molecule has 0 radical (unpaired) electrons. The number of halogens is 4. The SMILES string of the molecule is CCC1(C(Br)c2cc(Cl)c(Br)cc2F)CCCC1. The average Bonchev–Trinajstić information content (AvgIpc) is 2.83. The van der Waals surface area contributed by atoms with E-state index in [1.165, 1.54) is 18.9 Å². The van der Waals surface area contributed by atoms with Gasteiger partial charge in [-0.25, -0.2) is 4.39 Å². The van der Waals surface area contributed by atoms with Crippen molar-refractivity contribution in [2.75, 3.05) is 0 Å². The van der Waals surface area contributed by atoms with E-state index >= 15 is 0 Å². The second-order valence-corrected chi connectivity index (χ2v) is 7.25. The van der Waals surface area contributed by atoms with E-state index in [1.807, 2.05) is 0 Å². The predicted molar refractivity (Wildman–Crippen MR) is 82.0 cm³/mol. The minimum Gasteiger partial charge on any atom is -0.207 e. The van der Waals surface area contributed by atoms with E-state index in [9.17, 15) is 4.39 Å². The van der Waals surface area contributed by atoms with Crippen molar-refractivity contribution >= 4 is 43.5 Å². The standard InChI is InChI=1S/C14H16Br2ClF/c1-2-14(5-3-4-6-14)13(16)9-7-11(17)10(15)8-12(9)18/h7-8,13H,2-6H2,1H3. The van der Waals surface area contributed by atoms with Gasteiger partial charge >= 0.3 is 0 Å². The van der Waals surface area contributed by atoms with Gasteiger partial charge in [0.15, 0.2) is 0 Å². The molecule has 1 aliphatic carbocycles. The lowest BCUT2D eigenvalue weighted by Crippen LogP contribution is -2.22. The van der Waals surface area contributed by atoms with Crippen molar-refractivity contribution in [3.05, 3.63) is 33.0 Å². The summed E-state index contributed by atoms with van der Waals surface area (Å²) in [6.07, 6.45) is 5.86. The van der Waals surface area contributed by atoms with Crippen LogP contribution < -0.4 is 0 Å². The van der Waals surface area contributed by atoms with Crippen LogP contribution >= 0.6 is 43.5 Å². The van der Waals surface area contributed by atoms with Crippen molar-refractivity contribution < 1.29 is 4.39 Å². The summed E-state index contributed by atoms with van der Waals surface area (Å²) in [5.41, 5.74) is 0.866. The lowest BCUT2D eigenvalue weighted by Gasteiger charge is -2.33. The van der Waals surface area contributed by atoms with Crippen LogP contribution in [0.5, 0.6) is 0 Å². The molecule has 1 aliphatic rings. The van der Waals surface area contributed by atoms with Crippen LogP contribution in [-0.2, 0) is 0 Å². The molecule has 1 aromatic rings. The Hall–Kier alpha value is 0.400. The molecular weight excluding hydrogens is 382 g/mol. The van der Waals surface area contributed by atoms with Crippen molar-refractivity contribution in [2.24, 2.45) is 5.41 Å².